The Kier molecular flexibility index (Phi) is 12.8. The summed E-state index contributed by atoms with van der Waals surface area (Å²) in [7, 11) is 0. The SMILES string of the molecule is CCCCCCCCC/C=C/CCCCC1NC=CN1CCO. The fourth-order valence-corrected chi connectivity index (χ4v) is 3.10. The molecule has 0 fully saturated rings. The highest BCUT2D eigenvalue weighted by atomic mass is 16.3. The van der Waals surface area contributed by atoms with Crippen LogP contribution < -0.4 is 5.32 Å². The molecule has 2 N–H and O–H groups in total. The molecular weight excluding hydrogens is 284 g/mol. The molecule has 0 bridgehead atoms. The first kappa shape index (κ1) is 20.1. The minimum absolute atomic E-state index is 0.226. The van der Waals surface area contributed by atoms with E-state index < -0.39 is 0 Å². The van der Waals surface area contributed by atoms with Crippen LogP contribution in [0, 0.1) is 0 Å². The van der Waals surface area contributed by atoms with E-state index in [0.717, 1.165) is 13.0 Å². The summed E-state index contributed by atoms with van der Waals surface area (Å²) in [5.41, 5.74) is 0. The van der Waals surface area contributed by atoms with Gasteiger partial charge in [-0.25, -0.2) is 0 Å². The van der Waals surface area contributed by atoms with Gasteiger partial charge in [0.05, 0.1) is 12.8 Å². The summed E-state index contributed by atoms with van der Waals surface area (Å²) >= 11 is 0. The molecule has 0 aromatic heterocycles. The van der Waals surface area contributed by atoms with Gasteiger partial charge in [0.1, 0.15) is 0 Å². The lowest BCUT2D eigenvalue weighted by Gasteiger charge is -2.24. The molecule has 1 heterocycles. The molecule has 0 spiro atoms. The van der Waals surface area contributed by atoms with Crippen LogP contribution in [0.2, 0.25) is 0 Å². The van der Waals surface area contributed by atoms with Gasteiger partial charge < -0.3 is 15.3 Å². The number of aliphatic hydroxyl groups is 1. The quantitative estimate of drug-likeness (QED) is 0.331. The van der Waals surface area contributed by atoms with Crippen LogP contribution in [0.4, 0.5) is 0 Å². The lowest BCUT2D eigenvalue weighted by atomic mass is 10.1. The molecule has 23 heavy (non-hydrogen) atoms. The van der Waals surface area contributed by atoms with Crippen molar-refractivity contribution in [2.45, 2.75) is 90.1 Å². The number of nitrogens with zero attached hydrogens (tertiary/aromatic N) is 1. The van der Waals surface area contributed by atoms with Gasteiger partial charge in [-0.2, -0.15) is 0 Å². The van der Waals surface area contributed by atoms with E-state index in [1.807, 2.05) is 12.4 Å². The van der Waals surface area contributed by atoms with Gasteiger partial charge in [0.25, 0.3) is 0 Å². The zero-order valence-corrected chi connectivity index (χ0v) is 15.2. The van der Waals surface area contributed by atoms with Crippen molar-refractivity contribution < 1.29 is 5.11 Å². The number of rotatable bonds is 15. The average molecular weight is 323 g/mol. The van der Waals surface area contributed by atoms with Gasteiger partial charge >= 0.3 is 0 Å². The van der Waals surface area contributed by atoms with E-state index in [1.54, 1.807) is 0 Å². The second-order valence-electron chi connectivity index (χ2n) is 6.63. The zero-order chi connectivity index (χ0) is 16.6. The van der Waals surface area contributed by atoms with Crippen LogP contribution in [0.25, 0.3) is 0 Å². The molecule has 1 atom stereocenters. The number of aliphatic hydroxyl groups excluding tert-OH is 1. The summed E-state index contributed by atoms with van der Waals surface area (Å²) in [6.07, 6.45) is 25.0. The lowest BCUT2D eigenvalue weighted by molar-refractivity contribution is 0.194. The van der Waals surface area contributed by atoms with E-state index in [1.165, 1.54) is 70.6 Å². The number of unbranched alkanes of at least 4 members (excludes halogenated alkanes) is 9. The highest BCUT2D eigenvalue weighted by Crippen LogP contribution is 2.13. The normalized spacial score (nSPS) is 17.3. The van der Waals surface area contributed by atoms with Crippen molar-refractivity contribution in [3.05, 3.63) is 24.6 Å². The summed E-state index contributed by atoms with van der Waals surface area (Å²) < 4.78 is 0. The molecule has 134 valence electrons. The van der Waals surface area contributed by atoms with Crippen LogP contribution in [0.15, 0.2) is 24.6 Å². The number of nitrogens with one attached hydrogen (secondary N) is 1. The van der Waals surface area contributed by atoms with Crippen LogP contribution in [-0.2, 0) is 0 Å². The molecule has 0 aromatic carbocycles. The van der Waals surface area contributed by atoms with Crippen molar-refractivity contribution in [1.82, 2.24) is 10.2 Å². The van der Waals surface area contributed by atoms with Gasteiger partial charge in [-0.3, -0.25) is 0 Å². The Bertz CT molecular complexity index is 315. The number of hydrogen-bond donors (Lipinski definition) is 2. The summed E-state index contributed by atoms with van der Waals surface area (Å²) in [6, 6.07) is 0. The van der Waals surface area contributed by atoms with Crippen molar-refractivity contribution >= 4 is 0 Å². The fourth-order valence-electron chi connectivity index (χ4n) is 3.10. The van der Waals surface area contributed by atoms with Gasteiger partial charge in [-0.1, -0.05) is 57.6 Å². The molecule has 0 saturated carbocycles. The van der Waals surface area contributed by atoms with Gasteiger partial charge in [0.15, 0.2) is 0 Å². The summed E-state index contributed by atoms with van der Waals surface area (Å²) in [5.74, 6) is 0. The van der Waals surface area contributed by atoms with E-state index >= 15 is 0 Å². The third-order valence-electron chi connectivity index (χ3n) is 4.55. The van der Waals surface area contributed by atoms with Gasteiger partial charge in [0, 0.05) is 18.9 Å². The minimum Gasteiger partial charge on any atom is -0.395 e. The first-order valence-electron chi connectivity index (χ1n) is 9.82. The minimum atomic E-state index is 0.226. The Balaban J connectivity index is 1.85. The molecule has 0 aromatic rings. The van der Waals surface area contributed by atoms with Crippen molar-refractivity contribution in [3.63, 3.8) is 0 Å². The highest BCUT2D eigenvalue weighted by molar-refractivity contribution is 4.94. The van der Waals surface area contributed by atoms with Crippen molar-refractivity contribution in [2.24, 2.45) is 0 Å². The number of allylic oxidation sites excluding steroid dienone is 2. The predicted molar refractivity (Wildman–Crippen MR) is 100 cm³/mol. The summed E-state index contributed by atoms with van der Waals surface area (Å²) in [5, 5.41) is 12.4. The number of β-amino-alcohol motifs (C(OH)–C–C–N with tert-alkyl or cyclic N) is 1. The maximum Gasteiger partial charge on any atom is 0.0982 e. The third-order valence-corrected chi connectivity index (χ3v) is 4.55. The molecule has 0 radical (unpaired) electrons. The second kappa shape index (κ2) is 14.6. The van der Waals surface area contributed by atoms with Crippen LogP contribution in [-0.4, -0.2) is 29.3 Å². The van der Waals surface area contributed by atoms with E-state index in [2.05, 4.69) is 29.3 Å². The number of hydrogen-bond acceptors (Lipinski definition) is 3. The molecule has 1 rings (SSSR count). The smallest absolute Gasteiger partial charge is 0.0982 e. The Hall–Kier alpha value is -0.960. The van der Waals surface area contributed by atoms with Crippen LogP contribution in [0.5, 0.6) is 0 Å². The van der Waals surface area contributed by atoms with Crippen molar-refractivity contribution in [3.8, 4) is 0 Å². The Morgan fingerprint density at radius 1 is 0.957 bits per heavy atom. The van der Waals surface area contributed by atoms with E-state index in [0.29, 0.717) is 6.17 Å². The standard InChI is InChI=1S/C20H38N2O/c1-2-3-4-5-6-7-8-9-10-11-12-13-14-15-20-21-16-17-22(20)18-19-23/h10-11,16-17,20-21,23H,2-9,12-15,18-19H2,1H3/b11-10+. The maximum absolute atomic E-state index is 9.02. The zero-order valence-electron chi connectivity index (χ0n) is 15.2. The van der Waals surface area contributed by atoms with E-state index in [9.17, 15) is 0 Å². The van der Waals surface area contributed by atoms with E-state index in [-0.39, 0.29) is 6.61 Å². The molecular formula is C20H38N2O. The van der Waals surface area contributed by atoms with Crippen LogP contribution in [0.1, 0.15) is 84.0 Å². The van der Waals surface area contributed by atoms with Crippen molar-refractivity contribution in [2.75, 3.05) is 13.2 Å². The largest absolute Gasteiger partial charge is 0.395 e. The van der Waals surface area contributed by atoms with Gasteiger partial charge in [-0.05, 0) is 38.5 Å². The molecule has 1 aliphatic heterocycles. The van der Waals surface area contributed by atoms with Crippen LogP contribution in [0.3, 0.4) is 0 Å². The first-order chi connectivity index (χ1) is 11.4. The summed E-state index contributed by atoms with van der Waals surface area (Å²) in [4.78, 5) is 2.19. The molecule has 0 amide bonds. The highest BCUT2D eigenvalue weighted by Gasteiger charge is 2.16. The topological polar surface area (TPSA) is 35.5 Å². The third kappa shape index (κ3) is 10.4. The Labute approximate surface area is 143 Å². The molecule has 1 aliphatic rings. The monoisotopic (exact) mass is 322 g/mol. The Morgan fingerprint density at radius 2 is 1.61 bits per heavy atom. The van der Waals surface area contributed by atoms with Crippen molar-refractivity contribution in [1.29, 1.82) is 0 Å². The molecule has 0 aliphatic carbocycles. The maximum atomic E-state index is 9.02. The summed E-state index contributed by atoms with van der Waals surface area (Å²) in [6.45, 7) is 3.23. The molecule has 0 saturated heterocycles. The van der Waals surface area contributed by atoms with E-state index in [4.69, 9.17) is 5.11 Å². The van der Waals surface area contributed by atoms with Gasteiger partial charge in [-0.15, -0.1) is 0 Å². The predicted octanol–water partition coefficient (Wildman–Crippen LogP) is 4.94. The molecule has 3 nitrogen and oxygen atoms in total. The Morgan fingerprint density at radius 3 is 2.30 bits per heavy atom. The molecule has 3 heteroatoms. The fraction of sp³-hybridized carbons (Fsp3) is 0.800. The lowest BCUT2D eigenvalue weighted by Crippen LogP contribution is -2.36. The second-order valence-corrected chi connectivity index (χ2v) is 6.63. The molecule has 1 unspecified atom stereocenters. The average Bonchev–Trinajstić information content (AvgIpc) is 2.99. The first-order valence-corrected chi connectivity index (χ1v) is 9.82. The van der Waals surface area contributed by atoms with Crippen LogP contribution >= 0.6 is 0 Å². The van der Waals surface area contributed by atoms with Gasteiger partial charge in [0.2, 0.25) is 0 Å².